The molecule has 1 unspecified atom stereocenters. The standard InChI is InChI=1S/C13H18BrNO2/c14-11-3-4-13-10(7-11)8-12(17-13)9-15-5-1-2-6-16/h3-4,7,12,15-16H,1-2,5-6,8-9H2. The number of aliphatic hydroxyl groups excluding tert-OH is 1. The number of aliphatic hydroxyl groups is 1. The van der Waals surface area contributed by atoms with Crippen LogP contribution in [0.25, 0.3) is 0 Å². The summed E-state index contributed by atoms with van der Waals surface area (Å²) in [5.74, 6) is 1.01. The molecule has 94 valence electrons. The predicted octanol–water partition coefficient (Wildman–Crippen LogP) is 2.11. The molecule has 1 heterocycles. The molecule has 0 spiro atoms. The van der Waals surface area contributed by atoms with Gasteiger partial charge in [0.05, 0.1) is 0 Å². The molecule has 1 aromatic rings. The SMILES string of the molecule is OCCCCNCC1Cc2cc(Br)ccc2O1. The minimum atomic E-state index is 0.244. The maximum Gasteiger partial charge on any atom is 0.123 e. The molecule has 1 atom stereocenters. The van der Waals surface area contributed by atoms with E-state index in [1.165, 1.54) is 5.56 Å². The normalized spacial score (nSPS) is 17.9. The highest BCUT2D eigenvalue weighted by atomic mass is 79.9. The average molecular weight is 300 g/mol. The summed E-state index contributed by atoms with van der Waals surface area (Å²) in [6.45, 7) is 2.10. The van der Waals surface area contributed by atoms with Crippen LogP contribution in [0.5, 0.6) is 5.75 Å². The van der Waals surface area contributed by atoms with Gasteiger partial charge in [0.15, 0.2) is 0 Å². The summed E-state index contributed by atoms with van der Waals surface area (Å²) in [4.78, 5) is 0. The van der Waals surface area contributed by atoms with Crippen molar-refractivity contribution in [2.24, 2.45) is 0 Å². The van der Waals surface area contributed by atoms with Crippen LogP contribution in [0.2, 0.25) is 0 Å². The van der Waals surface area contributed by atoms with Crippen molar-refractivity contribution in [2.45, 2.75) is 25.4 Å². The number of halogens is 1. The van der Waals surface area contributed by atoms with Gasteiger partial charge in [-0.15, -0.1) is 0 Å². The van der Waals surface area contributed by atoms with Crippen LogP contribution in [-0.2, 0) is 6.42 Å². The number of benzene rings is 1. The first-order valence-corrected chi connectivity index (χ1v) is 6.85. The van der Waals surface area contributed by atoms with E-state index in [4.69, 9.17) is 9.84 Å². The van der Waals surface area contributed by atoms with E-state index in [9.17, 15) is 0 Å². The molecule has 1 aromatic carbocycles. The Morgan fingerprint density at radius 1 is 1.41 bits per heavy atom. The highest BCUT2D eigenvalue weighted by Gasteiger charge is 2.22. The second-order valence-electron chi connectivity index (χ2n) is 4.33. The predicted molar refractivity (Wildman–Crippen MR) is 71.5 cm³/mol. The van der Waals surface area contributed by atoms with Crippen LogP contribution in [0.15, 0.2) is 22.7 Å². The quantitative estimate of drug-likeness (QED) is 0.791. The van der Waals surface area contributed by atoms with Gasteiger partial charge in [0.1, 0.15) is 11.9 Å². The molecule has 0 radical (unpaired) electrons. The lowest BCUT2D eigenvalue weighted by atomic mass is 10.1. The Kier molecular flexibility index (Phi) is 4.83. The molecule has 0 aromatic heterocycles. The number of hydrogen-bond donors (Lipinski definition) is 2. The van der Waals surface area contributed by atoms with E-state index in [0.717, 1.165) is 42.6 Å². The molecule has 0 saturated carbocycles. The van der Waals surface area contributed by atoms with Crippen LogP contribution in [0.4, 0.5) is 0 Å². The number of hydrogen-bond acceptors (Lipinski definition) is 3. The van der Waals surface area contributed by atoms with Gasteiger partial charge in [0, 0.05) is 24.0 Å². The Labute approximate surface area is 110 Å². The summed E-state index contributed by atoms with van der Waals surface area (Å²) < 4.78 is 6.94. The Morgan fingerprint density at radius 3 is 3.12 bits per heavy atom. The van der Waals surface area contributed by atoms with Crippen molar-refractivity contribution in [1.82, 2.24) is 5.32 Å². The Bertz CT molecular complexity index is 370. The number of ether oxygens (including phenoxy) is 1. The van der Waals surface area contributed by atoms with Crippen LogP contribution >= 0.6 is 15.9 Å². The van der Waals surface area contributed by atoms with E-state index < -0.39 is 0 Å². The maximum atomic E-state index is 8.66. The molecule has 2 N–H and O–H groups in total. The fraction of sp³-hybridized carbons (Fsp3) is 0.538. The third kappa shape index (κ3) is 3.69. The third-order valence-corrected chi connectivity index (χ3v) is 3.39. The molecule has 4 heteroatoms. The first-order chi connectivity index (χ1) is 8.29. The lowest BCUT2D eigenvalue weighted by molar-refractivity contribution is 0.226. The average Bonchev–Trinajstić information content (AvgIpc) is 2.70. The van der Waals surface area contributed by atoms with Crippen LogP contribution in [0, 0.1) is 0 Å². The van der Waals surface area contributed by atoms with E-state index in [1.807, 2.05) is 12.1 Å². The van der Waals surface area contributed by atoms with Crippen molar-refractivity contribution in [1.29, 1.82) is 0 Å². The van der Waals surface area contributed by atoms with Gasteiger partial charge < -0.3 is 15.2 Å². The van der Waals surface area contributed by atoms with Crippen LogP contribution < -0.4 is 10.1 Å². The van der Waals surface area contributed by atoms with Crippen molar-refractivity contribution in [2.75, 3.05) is 19.7 Å². The van der Waals surface area contributed by atoms with Crippen molar-refractivity contribution in [3.8, 4) is 5.75 Å². The first-order valence-electron chi connectivity index (χ1n) is 6.06. The lowest BCUT2D eigenvalue weighted by Crippen LogP contribution is -2.30. The minimum absolute atomic E-state index is 0.244. The van der Waals surface area contributed by atoms with E-state index in [0.29, 0.717) is 0 Å². The van der Waals surface area contributed by atoms with Gasteiger partial charge in [0.2, 0.25) is 0 Å². The number of nitrogens with one attached hydrogen (secondary N) is 1. The van der Waals surface area contributed by atoms with Gasteiger partial charge in [-0.05, 0) is 43.1 Å². The highest BCUT2D eigenvalue weighted by Crippen LogP contribution is 2.30. The third-order valence-electron chi connectivity index (χ3n) is 2.90. The summed E-state index contributed by atoms with van der Waals surface area (Å²) in [5, 5.41) is 12.0. The highest BCUT2D eigenvalue weighted by molar-refractivity contribution is 9.10. The van der Waals surface area contributed by atoms with E-state index in [1.54, 1.807) is 0 Å². The Morgan fingerprint density at radius 2 is 2.29 bits per heavy atom. The fourth-order valence-corrected chi connectivity index (χ4v) is 2.44. The Hall–Kier alpha value is -0.580. The van der Waals surface area contributed by atoms with Crippen LogP contribution in [-0.4, -0.2) is 30.9 Å². The van der Waals surface area contributed by atoms with Gasteiger partial charge in [-0.3, -0.25) is 0 Å². The van der Waals surface area contributed by atoms with E-state index >= 15 is 0 Å². The number of unbranched alkanes of at least 4 members (excludes halogenated alkanes) is 1. The van der Waals surface area contributed by atoms with Crippen molar-refractivity contribution in [3.63, 3.8) is 0 Å². The monoisotopic (exact) mass is 299 g/mol. The van der Waals surface area contributed by atoms with Crippen molar-refractivity contribution < 1.29 is 9.84 Å². The van der Waals surface area contributed by atoms with E-state index in [2.05, 4.69) is 27.3 Å². The topological polar surface area (TPSA) is 41.5 Å². The van der Waals surface area contributed by atoms with Crippen LogP contribution in [0.3, 0.4) is 0 Å². The summed E-state index contributed by atoms with van der Waals surface area (Å²) >= 11 is 3.47. The zero-order valence-corrected chi connectivity index (χ0v) is 11.4. The molecule has 0 aliphatic carbocycles. The molecule has 0 fully saturated rings. The summed E-state index contributed by atoms with van der Waals surface area (Å²) in [6.07, 6.45) is 3.10. The van der Waals surface area contributed by atoms with Gasteiger partial charge in [0.25, 0.3) is 0 Å². The van der Waals surface area contributed by atoms with Gasteiger partial charge in [-0.2, -0.15) is 0 Å². The van der Waals surface area contributed by atoms with Crippen molar-refractivity contribution >= 4 is 15.9 Å². The molecular weight excluding hydrogens is 282 g/mol. The molecule has 2 rings (SSSR count). The zero-order valence-electron chi connectivity index (χ0n) is 9.79. The first kappa shape index (κ1) is 12.9. The lowest BCUT2D eigenvalue weighted by Gasteiger charge is -2.11. The smallest absolute Gasteiger partial charge is 0.123 e. The zero-order chi connectivity index (χ0) is 12.1. The summed E-state index contributed by atoms with van der Waals surface area (Å²) in [6, 6.07) is 6.15. The van der Waals surface area contributed by atoms with Gasteiger partial charge in [-0.25, -0.2) is 0 Å². The maximum absolute atomic E-state index is 8.66. The minimum Gasteiger partial charge on any atom is -0.488 e. The molecule has 3 nitrogen and oxygen atoms in total. The molecule has 17 heavy (non-hydrogen) atoms. The summed E-state index contributed by atoms with van der Waals surface area (Å²) in [5.41, 5.74) is 1.28. The molecule has 0 amide bonds. The Balaban J connectivity index is 1.73. The number of rotatable bonds is 6. The molecule has 1 aliphatic heterocycles. The second kappa shape index (κ2) is 6.38. The number of fused-ring (bicyclic) bond motifs is 1. The van der Waals surface area contributed by atoms with Gasteiger partial charge >= 0.3 is 0 Å². The van der Waals surface area contributed by atoms with E-state index in [-0.39, 0.29) is 12.7 Å². The fourth-order valence-electron chi connectivity index (χ4n) is 2.03. The molecule has 0 bridgehead atoms. The molecule has 1 aliphatic rings. The molecular formula is C13H18BrNO2. The second-order valence-corrected chi connectivity index (χ2v) is 5.25. The summed E-state index contributed by atoms with van der Waals surface area (Å²) in [7, 11) is 0. The largest absolute Gasteiger partial charge is 0.488 e. The molecule has 0 saturated heterocycles. The van der Waals surface area contributed by atoms with Crippen molar-refractivity contribution in [3.05, 3.63) is 28.2 Å². The van der Waals surface area contributed by atoms with Crippen LogP contribution in [0.1, 0.15) is 18.4 Å². The van der Waals surface area contributed by atoms with Gasteiger partial charge in [-0.1, -0.05) is 15.9 Å².